The first-order chi connectivity index (χ1) is 11.5. The van der Waals surface area contributed by atoms with Gasteiger partial charge in [0.2, 0.25) is 0 Å². The molecule has 0 heterocycles. The molecule has 0 aliphatic heterocycles. The third kappa shape index (κ3) is 5.48. The van der Waals surface area contributed by atoms with Gasteiger partial charge in [-0.25, -0.2) is 0 Å². The lowest BCUT2D eigenvalue weighted by molar-refractivity contribution is 0.352. The van der Waals surface area contributed by atoms with Crippen LogP contribution in [0.4, 0.5) is 0 Å². The van der Waals surface area contributed by atoms with Gasteiger partial charge in [-0.3, -0.25) is 4.99 Å². The van der Waals surface area contributed by atoms with Gasteiger partial charge in [0.05, 0.1) is 14.2 Å². The fourth-order valence-corrected chi connectivity index (χ4v) is 2.28. The summed E-state index contributed by atoms with van der Waals surface area (Å²) in [6.07, 6.45) is 2.59. The molecule has 134 valence electrons. The Hall–Kier alpha value is -2.17. The van der Waals surface area contributed by atoms with Crippen LogP contribution in [0, 0.1) is 5.92 Å². The van der Waals surface area contributed by atoms with Crippen LogP contribution in [0.2, 0.25) is 0 Å². The van der Waals surface area contributed by atoms with Gasteiger partial charge in [-0.1, -0.05) is 19.9 Å². The fourth-order valence-electron chi connectivity index (χ4n) is 2.28. The van der Waals surface area contributed by atoms with Crippen molar-refractivity contribution in [1.29, 1.82) is 0 Å². The van der Waals surface area contributed by atoms with Gasteiger partial charge < -0.3 is 20.1 Å². The molecule has 0 aliphatic carbocycles. The Kier molecular flexibility index (Phi) is 8.16. The van der Waals surface area contributed by atoms with Gasteiger partial charge in [0.1, 0.15) is 0 Å². The van der Waals surface area contributed by atoms with Gasteiger partial charge in [0, 0.05) is 25.2 Å². The topological polar surface area (TPSA) is 54.9 Å². The molecule has 5 nitrogen and oxygen atoms in total. The van der Waals surface area contributed by atoms with Crippen LogP contribution < -0.4 is 20.1 Å². The number of aliphatic imine (C=N–C) groups is 1. The highest BCUT2D eigenvalue weighted by atomic mass is 16.5. The first-order valence-electron chi connectivity index (χ1n) is 8.28. The average Bonchev–Trinajstić information content (AvgIpc) is 2.57. The molecule has 0 saturated carbocycles. The molecule has 1 unspecified atom stereocenters. The van der Waals surface area contributed by atoms with E-state index in [-0.39, 0.29) is 0 Å². The van der Waals surface area contributed by atoms with Crippen LogP contribution >= 0.6 is 0 Å². The number of benzene rings is 1. The highest BCUT2D eigenvalue weighted by molar-refractivity contribution is 5.80. The lowest BCUT2D eigenvalue weighted by atomic mass is 10.1. The maximum atomic E-state index is 5.47. The zero-order chi connectivity index (χ0) is 18.1. The van der Waals surface area contributed by atoms with Crippen LogP contribution in [-0.4, -0.2) is 33.3 Å². The summed E-state index contributed by atoms with van der Waals surface area (Å²) in [5, 5.41) is 6.74. The molecule has 24 heavy (non-hydrogen) atoms. The zero-order valence-electron chi connectivity index (χ0n) is 15.8. The molecule has 0 bridgehead atoms. The third-order valence-corrected chi connectivity index (χ3v) is 4.03. The predicted octanol–water partition coefficient (Wildman–Crippen LogP) is 3.14. The number of rotatable bonds is 8. The standard InChI is InChI=1S/C19H31N3O2/c1-8-9-16-10-15(11-17(23-6)18(16)24-7)12-21-19(20-5)22-14(4)13(2)3/h8,10-11,13-14H,1,9,12H2,2-7H3,(H2,20,21,22). The van der Waals surface area contributed by atoms with Crippen LogP contribution in [-0.2, 0) is 13.0 Å². The van der Waals surface area contributed by atoms with Crippen LogP contribution in [0.3, 0.4) is 0 Å². The van der Waals surface area contributed by atoms with E-state index in [0.717, 1.165) is 35.0 Å². The second-order valence-corrected chi connectivity index (χ2v) is 6.09. The Bertz CT molecular complexity index is 568. The highest BCUT2D eigenvalue weighted by Crippen LogP contribution is 2.33. The van der Waals surface area contributed by atoms with Crippen molar-refractivity contribution < 1.29 is 9.47 Å². The molecule has 0 spiro atoms. The second kappa shape index (κ2) is 9.85. The molecule has 1 aromatic rings. The van der Waals surface area contributed by atoms with E-state index in [2.05, 4.69) is 49.0 Å². The number of allylic oxidation sites excluding steroid dienone is 1. The maximum Gasteiger partial charge on any atom is 0.191 e. The van der Waals surface area contributed by atoms with Gasteiger partial charge in [0.25, 0.3) is 0 Å². The van der Waals surface area contributed by atoms with Crippen LogP contribution in [0.5, 0.6) is 11.5 Å². The highest BCUT2D eigenvalue weighted by Gasteiger charge is 2.13. The molecule has 5 heteroatoms. The number of ether oxygens (including phenoxy) is 2. The first-order valence-corrected chi connectivity index (χ1v) is 8.28. The molecule has 0 saturated heterocycles. The van der Waals surface area contributed by atoms with E-state index in [1.54, 1.807) is 21.3 Å². The molecular weight excluding hydrogens is 302 g/mol. The summed E-state index contributed by atoms with van der Waals surface area (Å²) in [4.78, 5) is 4.28. The molecule has 1 aromatic carbocycles. The van der Waals surface area contributed by atoms with Gasteiger partial charge in [0.15, 0.2) is 17.5 Å². The lowest BCUT2D eigenvalue weighted by Gasteiger charge is -2.21. The van der Waals surface area contributed by atoms with Crippen LogP contribution in [0.15, 0.2) is 29.8 Å². The van der Waals surface area contributed by atoms with Gasteiger partial charge in [-0.05, 0) is 37.0 Å². The number of guanidine groups is 1. The molecule has 1 rings (SSSR count). The van der Waals surface area contributed by atoms with E-state index in [4.69, 9.17) is 9.47 Å². The minimum Gasteiger partial charge on any atom is -0.493 e. The molecule has 0 amide bonds. The van der Waals surface area contributed by atoms with Crippen LogP contribution in [0.1, 0.15) is 31.9 Å². The van der Waals surface area contributed by atoms with E-state index < -0.39 is 0 Å². The molecular formula is C19H31N3O2. The number of hydrogen-bond acceptors (Lipinski definition) is 3. The van der Waals surface area contributed by atoms with Crippen molar-refractivity contribution in [3.05, 3.63) is 35.9 Å². The number of nitrogens with one attached hydrogen (secondary N) is 2. The van der Waals surface area contributed by atoms with E-state index in [9.17, 15) is 0 Å². The summed E-state index contributed by atoms with van der Waals surface area (Å²) >= 11 is 0. The summed E-state index contributed by atoms with van der Waals surface area (Å²) in [5.41, 5.74) is 2.16. The number of nitrogens with zero attached hydrogens (tertiary/aromatic N) is 1. The lowest BCUT2D eigenvalue weighted by Crippen LogP contribution is -2.43. The van der Waals surface area contributed by atoms with E-state index >= 15 is 0 Å². The van der Waals surface area contributed by atoms with Gasteiger partial charge >= 0.3 is 0 Å². The molecule has 1 atom stereocenters. The van der Waals surface area contributed by atoms with Crippen LogP contribution in [0.25, 0.3) is 0 Å². The van der Waals surface area contributed by atoms with Crippen molar-refractivity contribution in [1.82, 2.24) is 10.6 Å². The molecule has 0 aliphatic rings. The molecule has 0 radical (unpaired) electrons. The second-order valence-electron chi connectivity index (χ2n) is 6.09. The Labute approximate surface area is 146 Å². The summed E-state index contributed by atoms with van der Waals surface area (Å²) in [6.45, 7) is 11.0. The largest absolute Gasteiger partial charge is 0.493 e. The SMILES string of the molecule is C=CCc1cc(CNC(=NC)NC(C)C(C)C)cc(OC)c1OC. The van der Waals surface area contributed by atoms with E-state index in [1.165, 1.54) is 0 Å². The first kappa shape index (κ1) is 19.9. The minimum atomic E-state index is 0.345. The summed E-state index contributed by atoms with van der Waals surface area (Å²) < 4.78 is 10.9. The maximum absolute atomic E-state index is 5.47. The Morgan fingerprint density at radius 1 is 1.25 bits per heavy atom. The summed E-state index contributed by atoms with van der Waals surface area (Å²) in [6, 6.07) is 4.44. The van der Waals surface area contributed by atoms with Gasteiger partial charge in [-0.2, -0.15) is 0 Å². The number of hydrogen-bond donors (Lipinski definition) is 2. The summed E-state index contributed by atoms with van der Waals surface area (Å²) in [5.74, 6) is 2.81. The average molecular weight is 333 g/mol. The molecule has 0 fully saturated rings. The monoisotopic (exact) mass is 333 g/mol. The smallest absolute Gasteiger partial charge is 0.191 e. The van der Waals surface area contributed by atoms with E-state index in [1.807, 2.05) is 12.1 Å². The third-order valence-electron chi connectivity index (χ3n) is 4.03. The predicted molar refractivity (Wildman–Crippen MR) is 101 cm³/mol. The Balaban J connectivity index is 2.90. The van der Waals surface area contributed by atoms with Gasteiger partial charge in [-0.15, -0.1) is 6.58 Å². The molecule has 0 aromatic heterocycles. The van der Waals surface area contributed by atoms with Crippen molar-refractivity contribution in [2.24, 2.45) is 10.9 Å². The van der Waals surface area contributed by atoms with E-state index in [0.29, 0.717) is 18.5 Å². The fraction of sp³-hybridized carbons (Fsp3) is 0.526. The van der Waals surface area contributed by atoms with Crippen molar-refractivity contribution in [2.75, 3.05) is 21.3 Å². The van der Waals surface area contributed by atoms with Crippen molar-refractivity contribution in [2.45, 2.75) is 39.8 Å². The van der Waals surface area contributed by atoms with Crippen molar-refractivity contribution >= 4 is 5.96 Å². The Morgan fingerprint density at radius 2 is 1.96 bits per heavy atom. The van der Waals surface area contributed by atoms with Crippen molar-refractivity contribution in [3.8, 4) is 11.5 Å². The van der Waals surface area contributed by atoms with Crippen molar-refractivity contribution in [3.63, 3.8) is 0 Å². The quantitative estimate of drug-likeness (QED) is 0.436. The zero-order valence-corrected chi connectivity index (χ0v) is 15.8. The minimum absolute atomic E-state index is 0.345. The molecule has 2 N–H and O–H groups in total. The number of methoxy groups -OCH3 is 2. The Morgan fingerprint density at radius 3 is 2.46 bits per heavy atom. The summed E-state index contributed by atoms with van der Waals surface area (Å²) in [7, 11) is 5.08. The normalized spacial score (nSPS) is 12.7.